The van der Waals surface area contributed by atoms with Gasteiger partial charge in [-0.05, 0) is 42.3 Å². The molecule has 3 aromatic rings. The van der Waals surface area contributed by atoms with E-state index < -0.39 is 0 Å². The van der Waals surface area contributed by atoms with Gasteiger partial charge in [0, 0.05) is 38.3 Å². The van der Waals surface area contributed by atoms with E-state index in [1.54, 1.807) is 12.1 Å². The maximum Gasteiger partial charge on any atom is 0.274 e. The number of hydrogen-bond acceptors (Lipinski definition) is 5. The molecule has 2 aromatic carbocycles. The molecular weight excluding hydrogens is 357 g/mol. The van der Waals surface area contributed by atoms with Crippen molar-refractivity contribution in [2.75, 3.05) is 36.0 Å². The van der Waals surface area contributed by atoms with Crippen LogP contribution in [0, 0.1) is 12.7 Å². The van der Waals surface area contributed by atoms with Gasteiger partial charge in [0.25, 0.3) is 5.56 Å². The number of piperazine rings is 1. The molecule has 0 bridgehead atoms. The summed E-state index contributed by atoms with van der Waals surface area (Å²) in [5, 5.41) is 8.33. The molecule has 1 aromatic heterocycles. The number of aryl methyl sites for hydroxylation is 1. The molecule has 0 saturated carbocycles. The third-order valence-corrected chi connectivity index (χ3v) is 4.98. The predicted octanol–water partition coefficient (Wildman–Crippen LogP) is 2.53. The molecule has 0 spiro atoms. The molecule has 0 unspecified atom stereocenters. The Bertz CT molecular complexity index is 1010. The second kappa shape index (κ2) is 7.80. The highest BCUT2D eigenvalue weighted by molar-refractivity contribution is 5.50. The smallest absolute Gasteiger partial charge is 0.274 e. The Kier molecular flexibility index (Phi) is 5.06. The molecule has 1 aliphatic heterocycles. The topological polar surface area (TPSA) is 65.1 Å². The zero-order chi connectivity index (χ0) is 19.5. The third-order valence-electron chi connectivity index (χ3n) is 4.98. The Balaban J connectivity index is 1.42. The molecule has 1 aliphatic rings. The van der Waals surface area contributed by atoms with Crippen molar-refractivity contribution in [2.24, 2.45) is 0 Å². The fourth-order valence-corrected chi connectivity index (χ4v) is 3.41. The average molecular weight is 379 g/mol. The van der Waals surface area contributed by atoms with Crippen molar-refractivity contribution in [1.29, 1.82) is 0 Å². The van der Waals surface area contributed by atoms with Crippen molar-refractivity contribution < 1.29 is 4.39 Å². The molecule has 2 heterocycles. The van der Waals surface area contributed by atoms with E-state index in [0.717, 1.165) is 31.7 Å². The first-order valence-corrected chi connectivity index (χ1v) is 9.35. The van der Waals surface area contributed by atoms with Crippen LogP contribution in [0.3, 0.4) is 0 Å². The highest BCUT2D eigenvalue weighted by Gasteiger charge is 2.20. The summed E-state index contributed by atoms with van der Waals surface area (Å²) in [5.74, 6) is 0.195. The third kappa shape index (κ3) is 4.03. The van der Waals surface area contributed by atoms with Gasteiger partial charge in [-0.2, -0.15) is 0 Å². The van der Waals surface area contributed by atoms with Crippen LogP contribution >= 0.6 is 0 Å². The van der Waals surface area contributed by atoms with E-state index in [-0.39, 0.29) is 11.4 Å². The van der Waals surface area contributed by atoms with Gasteiger partial charge in [0.2, 0.25) is 5.95 Å². The van der Waals surface area contributed by atoms with Gasteiger partial charge < -0.3 is 9.80 Å². The Morgan fingerprint density at radius 1 is 1.00 bits per heavy atom. The molecule has 6 nitrogen and oxygen atoms in total. The molecule has 0 radical (unpaired) electrons. The number of nitrogens with one attached hydrogen (secondary N) is 1. The van der Waals surface area contributed by atoms with Crippen LogP contribution in [0.15, 0.2) is 53.3 Å². The molecule has 0 atom stereocenters. The van der Waals surface area contributed by atoms with Gasteiger partial charge in [0.1, 0.15) is 11.5 Å². The second-order valence-corrected chi connectivity index (χ2v) is 7.04. The summed E-state index contributed by atoms with van der Waals surface area (Å²) in [6.07, 6.45) is 0.323. The standard InChI is InChI=1S/C21H22FN5O/c1-15-3-2-4-18(13-15)26-9-11-27(12-10-26)21-23-20(28)19(24-25-21)14-16-5-7-17(22)8-6-16/h2-8,13H,9-12,14H2,1H3,(H,23,25,28). The van der Waals surface area contributed by atoms with Gasteiger partial charge in [0.05, 0.1) is 0 Å². The molecule has 0 aliphatic carbocycles. The van der Waals surface area contributed by atoms with Crippen molar-refractivity contribution in [2.45, 2.75) is 13.3 Å². The van der Waals surface area contributed by atoms with Crippen LogP contribution in [0.1, 0.15) is 16.8 Å². The number of anilines is 2. The number of H-pyrrole nitrogens is 1. The lowest BCUT2D eigenvalue weighted by molar-refractivity contribution is 0.626. The van der Waals surface area contributed by atoms with Gasteiger partial charge in [-0.25, -0.2) is 4.39 Å². The summed E-state index contributed by atoms with van der Waals surface area (Å²) in [6, 6.07) is 14.5. The molecule has 28 heavy (non-hydrogen) atoms. The maximum atomic E-state index is 13.0. The van der Waals surface area contributed by atoms with Crippen LogP contribution in [-0.2, 0) is 6.42 Å². The Morgan fingerprint density at radius 3 is 2.39 bits per heavy atom. The van der Waals surface area contributed by atoms with Crippen molar-refractivity contribution in [3.05, 3.63) is 81.5 Å². The summed E-state index contributed by atoms with van der Waals surface area (Å²) in [4.78, 5) is 19.6. The second-order valence-electron chi connectivity index (χ2n) is 7.04. The zero-order valence-electron chi connectivity index (χ0n) is 15.7. The van der Waals surface area contributed by atoms with E-state index in [2.05, 4.69) is 51.3 Å². The summed E-state index contributed by atoms with van der Waals surface area (Å²) >= 11 is 0. The minimum absolute atomic E-state index is 0.254. The van der Waals surface area contributed by atoms with Crippen molar-refractivity contribution in [1.82, 2.24) is 15.2 Å². The van der Waals surface area contributed by atoms with E-state index in [1.807, 2.05) is 4.90 Å². The van der Waals surface area contributed by atoms with Gasteiger partial charge in [-0.15, -0.1) is 10.2 Å². The molecule has 4 rings (SSSR count). The van der Waals surface area contributed by atoms with Crippen LogP contribution in [0.4, 0.5) is 16.0 Å². The fourth-order valence-electron chi connectivity index (χ4n) is 3.41. The number of rotatable bonds is 4. The van der Waals surface area contributed by atoms with Crippen molar-refractivity contribution in [3.63, 3.8) is 0 Å². The lowest BCUT2D eigenvalue weighted by Crippen LogP contribution is -2.47. The summed E-state index contributed by atoms with van der Waals surface area (Å²) in [6.45, 7) is 5.31. The van der Waals surface area contributed by atoms with Gasteiger partial charge in [-0.3, -0.25) is 9.78 Å². The van der Waals surface area contributed by atoms with Gasteiger partial charge >= 0.3 is 0 Å². The molecule has 1 N–H and O–H groups in total. The Labute approximate surface area is 162 Å². The van der Waals surface area contributed by atoms with E-state index in [4.69, 9.17) is 0 Å². The van der Waals surface area contributed by atoms with Gasteiger partial charge in [-0.1, -0.05) is 24.3 Å². The first kappa shape index (κ1) is 18.2. The average Bonchev–Trinajstić information content (AvgIpc) is 2.71. The first-order valence-electron chi connectivity index (χ1n) is 9.35. The minimum atomic E-state index is -0.302. The lowest BCUT2D eigenvalue weighted by atomic mass is 10.1. The molecule has 7 heteroatoms. The normalized spacial score (nSPS) is 14.4. The van der Waals surface area contributed by atoms with Crippen LogP contribution in [-0.4, -0.2) is 41.4 Å². The molecule has 0 amide bonds. The SMILES string of the molecule is Cc1cccc(N2CCN(c3nnc(Cc4ccc(F)cc4)c(=O)[nH]3)CC2)c1. The van der Waals surface area contributed by atoms with Crippen molar-refractivity contribution in [3.8, 4) is 0 Å². The number of nitrogens with zero attached hydrogens (tertiary/aromatic N) is 4. The molecule has 144 valence electrons. The molecular formula is C21H22FN5O. The van der Waals surface area contributed by atoms with Crippen molar-refractivity contribution >= 4 is 11.6 Å². The quantitative estimate of drug-likeness (QED) is 0.755. The number of hydrogen-bond donors (Lipinski definition) is 1. The predicted molar refractivity (Wildman–Crippen MR) is 107 cm³/mol. The van der Waals surface area contributed by atoms with E-state index in [9.17, 15) is 9.18 Å². The summed E-state index contributed by atoms with van der Waals surface area (Å²) in [5.41, 5.74) is 3.35. The fraction of sp³-hybridized carbons (Fsp3) is 0.286. The maximum absolute atomic E-state index is 13.0. The first-order chi connectivity index (χ1) is 13.6. The van der Waals surface area contributed by atoms with E-state index in [0.29, 0.717) is 18.1 Å². The lowest BCUT2D eigenvalue weighted by Gasteiger charge is -2.36. The summed E-state index contributed by atoms with van der Waals surface area (Å²) < 4.78 is 13.0. The van der Waals surface area contributed by atoms with E-state index >= 15 is 0 Å². The zero-order valence-corrected chi connectivity index (χ0v) is 15.7. The number of halogens is 1. The highest BCUT2D eigenvalue weighted by atomic mass is 19.1. The van der Waals surface area contributed by atoms with Crippen LogP contribution < -0.4 is 15.4 Å². The number of aromatic amines is 1. The van der Waals surface area contributed by atoms with Gasteiger partial charge in [0.15, 0.2) is 0 Å². The largest absolute Gasteiger partial charge is 0.368 e. The number of benzene rings is 2. The Hall–Kier alpha value is -3.22. The van der Waals surface area contributed by atoms with Crippen LogP contribution in [0.5, 0.6) is 0 Å². The molecule has 1 fully saturated rings. The van der Waals surface area contributed by atoms with E-state index in [1.165, 1.54) is 23.4 Å². The monoisotopic (exact) mass is 379 g/mol. The highest BCUT2D eigenvalue weighted by Crippen LogP contribution is 2.19. The van der Waals surface area contributed by atoms with Crippen LogP contribution in [0.25, 0.3) is 0 Å². The number of aromatic nitrogens is 3. The summed E-state index contributed by atoms with van der Waals surface area (Å²) in [7, 11) is 0. The minimum Gasteiger partial charge on any atom is -0.368 e. The van der Waals surface area contributed by atoms with Crippen LogP contribution in [0.2, 0.25) is 0 Å². The Morgan fingerprint density at radius 2 is 1.71 bits per heavy atom. The molecule has 1 saturated heterocycles.